The molecular weight excluding hydrogens is 576 g/mol. The molecule has 1 N–H and O–H groups in total. The Morgan fingerprint density at radius 3 is 2.57 bits per heavy atom. The van der Waals surface area contributed by atoms with Crippen molar-refractivity contribution < 1.29 is 27.2 Å². The molecule has 224 valence electrons. The molecule has 1 saturated heterocycles. The van der Waals surface area contributed by atoms with Crippen molar-refractivity contribution in [2.45, 2.75) is 38.4 Å². The summed E-state index contributed by atoms with van der Waals surface area (Å²) >= 11 is 0. The average Bonchev–Trinajstić information content (AvgIpc) is 3.64. The van der Waals surface area contributed by atoms with Crippen LogP contribution in [0.5, 0.6) is 0 Å². The maximum Gasteiger partial charge on any atom is 0.417 e. The minimum Gasteiger partial charge on any atom is -0.343 e. The minimum atomic E-state index is -4.79. The maximum absolute atomic E-state index is 14.3. The van der Waals surface area contributed by atoms with E-state index in [4.69, 9.17) is 0 Å². The highest BCUT2D eigenvalue weighted by Gasteiger charge is 2.55. The SMILES string of the molecule is C=CC(=O)Nc1cccc(C#CCN(C(=O)[C@@H]2CC3(CC3)CN2c2nc(C)cc(C(F)(F)F)c2C#N)c2ccc(F)cc2)n1. The lowest BCUT2D eigenvalue weighted by Crippen LogP contribution is -2.47. The number of anilines is 3. The summed E-state index contributed by atoms with van der Waals surface area (Å²) in [7, 11) is 0. The number of alkyl halides is 3. The monoisotopic (exact) mass is 602 g/mol. The number of pyridine rings is 2. The van der Waals surface area contributed by atoms with Gasteiger partial charge in [0.25, 0.3) is 5.91 Å². The Kier molecular flexibility index (Phi) is 8.11. The Morgan fingerprint density at radius 1 is 1.20 bits per heavy atom. The van der Waals surface area contributed by atoms with Crippen LogP contribution in [-0.4, -0.2) is 40.9 Å². The van der Waals surface area contributed by atoms with Gasteiger partial charge in [0, 0.05) is 17.9 Å². The van der Waals surface area contributed by atoms with E-state index in [2.05, 4.69) is 33.7 Å². The van der Waals surface area contributed by atoms with Crippen LogP contribution in [0.15, 0.2) is 61.2 Å². The second-order valence-electron chi connectivity index (χ2n) is 10.8. The van der Waals surface area contributed by atoms with Gasteiger partial charge in [0.2, 0.25) is 5.91 Å². The number of halogens is 4. The van der Waals surface area contributed by atoms with Crippen molar-refractivity contribution >= 4 is 29.1 Å². The summed E-state index contributed by atoms with van der Waals surface area (Å²) in [5, 5.41) is 12.3. The van der Waals surface area contributed by atoms with Crippen molar-refractivity contribution in [1.82, 2.24) is 9.97 Å². The van der Waals surface area contributed by atoms with Gasteiger partial charge in [-0.05, 0) is 86.1 Å². The molecule has 1 aliphatic heterocycles. The molecule has 2 aromatic heterocycles. The molecular formula is C32H26F4N6O2. The zero-order valence-corrected chi connectivity index (χ0v) is 23.6. The Hall–Kier alpha value is -5.23. The van der Waals surface area contributed by atoms with Crippen molar-refractivity contribution in [3.8, 4) is 17.9 Å². The number of nitrogens with one attached hydrogen (secondary N) is 1. The summed E-state index contributed by atoms with van der Waals surface area (Å²) in [6.07, 6.45) is -1.77. The Labute approximate surface area is 251 Å². The van der Waals surface area contributed by atoms with Gasteiger partial charge in [0.15, 0.2) is 0 Å². The molecule has 1 saturated carbocycles. The number of hydrogen-bond donors (Lipinski definition) is 1. The average molecular weight is 603 g/mol. The molecule has 3 aromatic rings. The molecule has 5 rings (SSSR count). The third-order valence-corrected chi connectivity index (χ3v) is 7.61. The molecule has 1 spiro atoms. The fourth-order valence-corrected chi connectivity index (χ4v) is 5.29. The number of carbonyl (C=O) groups is 2. The molecule has 3 heterocycles. The van der Waals surface area contributed by atoms with Crippen molar-refractivity contribution in [2.24, 2.45) is 5.41 Å². The van der Waals surface area contributed by atoms with Crippen LogP contribution in [0.25, 0.3) is 0 Å². The molecule has 2 amide bonds. The zero-order chi connectivity index (χ0) is 31.6. The van der Waals surface area contributed by atoms with Crippen molar-refractivity contribution in [3.05, 3.63) is 89.5 Å². The molecule has 12 heteroatoms. The summed E-state index contributed by atoms with van der Waals surface area (Å²) in [5.74, 6) is 4.37. The van der Waals surface area contributed by atoms with Gasteiger partial charge in [-0.3, -0.25) is 14.5 Å². The molecule has 2 fully saturated rings. The van der Waals surface area contributed by atoms with Gasteiger partial charge in [-0.15, -0.1) is 0 Å². The number of amides is 2. The lowest BCUT2D eigenvalue weighted by Gasteiger charge is -2.31. The fraction of sp³-hybridized carbons (Fsp3) is 0.281. The van der Waals surface area contributed by atoms with E-state index in [-0.39, 0.29) is 35.8 Å². The maximum atomic E-state index is 14.3. The van der Waals surface area contributed by atoms with Crippen molar-refractivity contribution in [1.29, 1.82) is 5.26 Å². The summed E-state index contributed by atoms with van der Waals surface area (Å²) < 4.78 is 55.6. The van der Waals surface area contributed by atoms with Crippen LogP contribution in [0.3, 0.4) is 0 Å². The van der Waals surface area contributed by atoms with Gasteiger partial charge in [-0.25, -0.2) is 14.4 Å². The second-order valence-corrected chi connectivity index (χ2v) is 10.8. The number of rotatable bonds is 6. The molecule has 44 heavy (non-hydrogen) atoms. The van der Waals surface area contributed by atoms with Gasteiger partial charge in [0.1, 0.15) is 40.8 Å². The highest BCUT2D eigenvalue weighted by atomic mass is 19.4. The standard InChI is InChI=1S/C32H26F4N6O2/c1-3-28(43)40-27-8-4-6-22(39-27)7-5-15-41(23-11-9-21(33)10-12-23)30(44)26-17-31(13-14-31)19-42(26)29-24(18-37)25(32(34,35)36)16-20(2)38-29/h3-4,6,8-12,16,26H,1,13-15,17,19H2,2H3,(H,39,40,43)/t26-/m0/s1. The topological polar surface area (TPSA) is 102 Å². The Bertz CT molecular complexity index is 1730. The number of carbonyl (C=O) groups excluding carboxylic acids is 2. The Balaban J connectivity index is 1.51. The van der Waals surface area contributed by atoms with Crippen LogP contribution in [0.2, 0.25) is 0 Å². The van der Waals surface area contributed by atoms with E-state index in [1.807, 2.05) is 0 Å². The van der Waals surface area contributed by atoms with E-state index in [0.717, 1.165) is 25.0 Å². The lowest BCUT2D eigenvalue weighted by molar-refractivity contribution is -0.137. The molecule has 8 nitrogen and oxygen atoms in total. The third-order valence-electron chi connectivity index (χ3n) is 7.61. The van der Waals surface area contributed by atoms with E-state index >= 15 is 0 Å². The molecule has 0 unspecified atom stereocenters. The van der Waals surface area contributed by atoms with E-state index in [1.165, 1.54) is 41.0 Å². The summed E-state index contributed by atoms with van der Waals surface area (Å²) in [6.45, 7) is 4.91. The van der Waals surface area contributed by atoms with Gasteiger partial charge in [-0.1, -0.05) is 18.6 Å². The highest BCUT2D eigenvalue weighted by Crippen LogP contribution is 2.56. The summed E-state index contributed by atoms with van der Waals surface area (Å²) in [4.78, 5) is 37.3. The quantitative estimate of drug-likeness (QED) is 0.231. The summed E-state index contributed by atoms with van der Waals surface area (Å²) in [5.41, 5.74) is -1.32. The van der Waals surface area contributed by atoms with E-state index in [9.17, 15) is 32.4 Å². The van der Waals surface area contributed by atoms with Crippen LogP contribution < -0.4 is 15.1 Å². The van der Waals surface area contributed by atoms with E-state index < -0.39 is 41.0 Å². The number of hydrogen-bond acceptors (Lipinski definition) is 6. The number of aromatic nitrogens is 2. The smallest absolute Gasteiger partial charge is 0.343 e. The number of benzene rings is 1. The van der Waals surface area contributed by atoms with E-state index in [0.29, 0.717) is 17.8 Å². The summed E-state index contributed by atoms with van der Waals surface area (Å²) in [6, 6.07) is 11.6. The number of nitrogens with zero attached hydrogens (tertiary/aromatic N) is 5. The van der Waals surface area contributed by atoms with Gasteiger partial charge in [0.05, 0.1) is 12.1 Å². The molecule has 1 aromatic carbocycles. The van der Waals surface area contributed by atoms with E-state index in [1.54, 1.807) is 24.3 Å². The van der Waals surface area contributed by atoms with Crippen molar-refractivity contribution in [2.75, 3.05) is 28.2 Å². The lowest BCUT2D eigenvalue weighted by atomic mass is 10.0. The molecule has 0 radical (unpaired) electrons. The van der Waals surface area contributed by atoms with Crippen LogP contribution in [-0.2, 0) is 15.8 Å². The predicted molar refractivity (Wildman–Crippen MR) is 155 cm³/mol. The van der Waals surface area contributed by atoms with Gasteiger partial charge >= 0.3 is 6.18 Å². The number of nitriles is 1. The van der Waals surface area contributed by atoms with Gasteiger partial charge < -0.3 is 10.2 Å². The third kappa shape index (κ3) is 6.40. The molecule has 1 atom stereocenters. The van der Waals surface area contributed by atoms with Crippen LogP contribution in [0.4, 0.5) is 34.9 Å². The number of aryl methyl sites for hydroxylation is 1. The molecule has 0 bridgehead atoms. The first-order valence-corrected chi connectivity index (χ1v) is 13.6. The fourth-order valence-electron chi connectivity index (χ4n) is 5.29. The minimum absolute atomic E-state index is 0.0644. The first-order valence-electron chi connectivity index (χ1n) is 13.6. The van der Waals surface area contributed by atoms with Crippen LogP contribution >= 0.6 is 0 Å². The second kappa shape index (κ2) is 11.8. The molecule has 2 aliphatic rings. The Morgan fingerprint density at radius 2 is 1.93 bits per heavy atom. The van der Waals surface area contributed by atoms with Crippen LogP contribution in [0, 0.1) is 41.3 Å². The zero-order valence-electron chi connectivity index (χ0n) is 23.6. The first kappa shape index (κ1) is 30.2. The molecule has 1 aliphatic carbocycles. The normalized spacial score (nSPS) is 16.5. The first-order chi connectivity index (χ1) is 20.9. The van der Waals surface area contributed by atoms with Gasteiger partial charge in [-0.2, -0.15) is 18.4 Å². The largest absolute Gasteiger partial charge is 0.417 e. The van der Waals surface area contributed by atoms with Crippen LogP contribution in [0.1, 0.15) is 41.8 Å². The highest BCUT2D eigenvalue weighted by molar-refractivity contribution is 6.00. The predicted octanol–water partition coefficient (Wildman–Crippen LogP) is 5.38. The van der Waals surface area contributed by atoms with Crippen molar-refractivity contribution in [3.63, 3.8) is 0 Å².